The lowest BCUT2D eigenvalue weighted by molar-refractivity contribution is 0.209. The molecule has 0 spiro atoms. The fourth-order valence-corrected chi connectivity index (χ4v) is 4.16. The quantitative estimate of drug-likeness (QED) is 0.473. The zero-order valence-electron chi connectivity index (χ0n) is 17.0. The van der Waals surface area contributed by atoms with E-state index in [1.54, 1.807) is 11.3 Å². The highest BCUT2D eigenvalue weighted by Gasteiger charge is 2.18. The lowest BCUT2D eigenvalue weighted by Gasteiger charge is -2.38. The van der Waals surface area contributed by atoms with Gasteiger partial charge in [0.15, 0.2) is 0 Å². The van der Waals surface area contributed by atoms with Crippen molar-refractivity contribution >= 4 is 28.4 Å². The largest absolute Gasteiger partial charge is 0.369 e. The van der Waals surface area contributed by atoms with E-state index in [4.69, 9.17) is 0 Å². The van der Waals surface area contributed by atoms with E-state index >= 15 is 0 Å². The van der Waals surface area contributed by atoms with E-state index in [1.807, 2.05) is 29.8 Å². The molecule has 1 N–H and O–H groups in total. The molecule has 0 bridgehead atoms. The van der Waals surface area contributed by atoms with Gasteiger partial charge in [-0.1, -0.05) is 42.5 Å². The van der Waals surface area contributed by atoms with Crippen LogP contribution in [-0.2, 0) is 0 Å². The predicted octanol–water partition coefficient (Wildman–Crippen LogP) is 4.79. The van der Waals surface area contributed by atoms with Crippen LogP contribution < -0.4 is 10.3 Å². The van der Waals surface area contributed by atoms with Crippen molar-refractivity contribution in [3.8, 4) is 11.3 Å². The first-order chi connectivity index (χ1) is 14.2. The van der Waals surface area contributed by atoms with Crippen LogP contribution in [0.1, 0.15) is 19.4 Å². The molecule has 0 amide bonds. The first-order valence-corrected chi connectivity index (χ1v) is 11.0. The highest BCUT2D eigenvalue weighted by Crippen LogP contribution is 2.24. The minimum absolute atomic E-state index is 0.629. The average molecular weight is 406 g/mol. The molecule has 2 aromatic carbocycles. The normalized spacial score (nSPS) is 15.3. The molecule has 5 nitrogen and oxygen atoms in total. The van der Waals surface area contributed by atoms with Gasteiger partial charge in [0.05, 0.1) is 11.9 Å². The number of benzene rings is 2. The van der Waals surface area contributed by atoms with E-state index in [0.717, 1.165) is 48.1 Å². The summed E-state index contributed by atoms with van der Waals surface area (Å²) in [4.78, 5) is 9.58. The first kappa shape index (κ1) is 19.6. The van der Waals surface area contributed by atoms with E-state index in [1.165, 1.54) is 5.69 Å². The summed E-state index contributed by atoms with van der Waals surface area (Å²) in [5, 5.41) is 7.18. The molecular weight excluding hydrogens is 378 g/mol. The van der Waals surface area contributed by atoms with Crippen LogP contribution >= 0.6 is 11.3 Å². The third-order valence-electron chi connectivity index (χ3n) is 5.25. The van der Waals surface area contributed by atoms with Crippen molar-refractivity contribution in [3.05, 3.63) is 65.5 Å². The number of nitrogens with one attached hydrogen (secondary N) is 1. The number of thiazole rings is 1. The van der Waals surface area contributed by atoms with Gasteiger partial charge in [0.25, 0.3) is 0 Å². The molecule has 1 aromatic heterocycles. The Labute approximate surface area is 176 Å². The third-order valence-corrected chi connectivity index (χ3v) is 6.00. The summed E-state index contributed by atoms with van der Waals surface area (Å²) >= 11 is 1.56. The second kappa shape index (κ2) is 9.20. The number of piperazine rings is 1. The summed E-state index contributed by atoms with van der Waals surface area (Å²) in [6, 6.07) is 19.4. The Balaban J connectivity index is 1.31. The minimum atomic E-state index is 0.629. The average Bonchev–Trinajstić information content (AvgIpc) is 3.24. The van der Waals surface area contributed by atoms with Crippen molar-refractivity contribution in [3.63, 3.8) is 0 Å². The maximum absolute atomic E-state index is 4.59. The van der Waals surface area contributed by atoms with Gasteiger partial charge in [-0.15, -0.1) is 11.3 Å². The van der Waals surface area contributed by atoms with Crippen LogP contribution in [0.15, 0.2) is 65.1 Å². The number of aromatic nitrogens is 1. The van der Waals surface area contributed by atoms with Crippen LogP contribution in [0.3, 0.4) is 0 Å². The Morgan fingerprint density at radius 2 is 1.72 bits per heavy atom. The number of hydrogen-bond donors (Lipinski definition) is 1. The number of hydrogen-bond acceptors (Lipinski definition) is 6. The lowest BCUT2D eigenvalue weighted by atomic mass is 10.2. The standard InChI is InChI=1S/C23H27N5S/c1-18(2)27-12-14-28(15-13-27)21-10-8-19(9-11-21)16-24-26-23-25-22(17-29-23)20-6-4-3-5-7-20/h3-11,16-18H,12-15H2,1-2H3,(H,25,26). The summed E-state index contributed by atoms with van der Waals surface area (Å²) in [7, 11) is 0. The third kappa shape index (κ3) is 5.02. The lowest BCUT2D eigenvalue weighted by Crippen LogP contribution is -2.48. The number of rotatable bonds is 6. The maximum Gasteiger partial charge on any atom is 0.203 e. The molecule has 150 valence electrons. The van der Waals surface area contributed by atoms with E-state index in [0.29, 0.717) is 6.04 Å². The molecule has 1 aliphatic heterocycles. The van der Waals surface area contributed by atoms with Gasteiger partial charge in [-0.25, -0.2) is 4.98 Å². The van der Waals surface area contributed by atoms with Gasteiger partial charge < -0.3 is 4.90 Å². The van der Waals surface area contributed by atoms with Crippen LogP contribution in [0.5, 0.6) is 0 Å². The van der Waals surface area contributed by atoms with Crippen molar-refractivity contribution in [1.29, 1.82) is 0 Å². The van der Waals surface area contributed by atoms with Crippen molar-refractivity contribution in [1.82, 2.24) is 9.88 Å². The van der Waals surface area contributed by atoms with Gasteiger partial charge in [-0.2, -0.15) is 5.10 Å². The fourth-order valence-electron chi connectivity index (χ4n) is 3.50. The van der Waals surface area contributed by atoms with Crippen LogP contribution in [0, 0.1) is 0 Å². The van der Waals surface area contributed by atoms with Gasteiger partial charge in [-0.3, -0.25) is 10.3 Å². The Hall–Kier alpha value is -2.70. The topological polar surface area (TPSA) is 43.8 Å². The summed E-state index contributed by atoms with van der Waals surface area (Å²) in [6.07, 6.45) is 1.84. The Morgan fingerprint density at radius 3 is 2.41 bits per heavy atom. The molecule has 29 heavy (non-hydrogen) atoms. The Kier molecular flexibility index (Phi) is 6.22. The van der Waals surface area contributed by atoms with Crippen LogP contribution in [0.4, 0.5) is 10.8 Å². The first-order valence-electron chi connectivity index (χ1n) is 10.1. The van der Waals surface area contributed by atoms with Gasteiger partial charge >= 0.3 is 0 Å². The monoisotopic (exact) mass is 405 g/mol. The molecular formula is C23H27N5S. The Morgan fingerprint density at radius 1 is 1.00 bits per heavy atom. The molecule has 3 aromatic rings. The zero-order valence-corrected chi connectivity index (χ0v) is 17.8. The van der Waals surface area contributed by atoms with Gasteiger partial charge in [0.2, 0.25) is 5.13 Å². The van der Waals surface area contributed by atoms with E-state index in [9.17, 15) is 0 Å². The molecule has 0 saturated carbocycles. The van der Waals surface area contributed by atoms with E-state index < -0.39 is 0 Å². The number of nitrogens with zero attached hydrogens (tertiary/aromatic N) is 4. The Bertz CT molecular complexity index is 925. The fraction of sp³-hybridized carbons (Fsp3) is 0.304. The molecule has 0 aliphatic carbocycles. The SMILES string of the molecule is CC(C)N1CCN(c2ccc(C=NNc3nc(-c4ccccc4)cs3)cc2)CC1. The molecule has 0 atom stereocenters. The molecule has 0 unspecified atom stereocenters. The predicted molar refractivity (Wildman–Crippen MR) is 124 cm³/mol. The van der Waals surface area contributed by atoms with Crippen LogP contribution in [0.2, 0.25) is 0 Å². The summed E-state index contributed by atoms with van der Waals surface area (Å²) in [5.41, 5.74) is 7.48. The highest BCUT2D eigenvalue weighted by molar-refractivity contribution is 7.14. The summed E-state index contributed by atoms with van der Waals surface area (Å²) in [6.45, 7) is 8.97. The van der Waals surface area contributed by atoms with Gasteiger partial charge in [-0.05, 0) is 31.5 Å². The number of hydrazone groups is 1. The molecule has 1 saturated heterocycles. The molecule has 4 rings (SSSR count). The van der Waals surface area contributed by atoms with E-state index in [-0.39, 0.29) is 0 Å². The summed E-state index contributed by atoms with van der Waals surface area (Å²) < 4.78 is 0. The zero-order chi connectivity index (χ0) is 20.1. The smallest absolute Gasteiger partial charge is 0.203 e. The van der Waals surface area contributed by atoms with Gasteiger partial charge in [0.1, 0.15) is 0 Å². The second-order valence-electron chi connectivity index (χ2n) is 7.48. The van der Waals surface area contributed by atoms with E-state index in [2.05, 4.69) is 75.6 Å². The second-order valence-corrected chi connectivity index (χ2v) is 8.34. The molecule has 0 radical (unpaired) electrons. The number of anilines is 2. The van der Waals surface area contributed by atoms with Crippen molar-refractivity contribution in [2.75, 3.05) is 36.5 Å². The molecule has 2 heterocycles. The highest BCUT2D eigenvalue weighted by atomic mass is 32.1. The van der Waals surface area contributed by atoms with Crippen LogP contribution in [-0.4, -0.2) is 48.3 Å². The maximum atomic E-state index is 4.59. The molecule has 6 heteroatoms. The minimum Gasteiger partial charge on any atom is -0.369 e. The van der Waals surface area contributed by atoms with Crippen molar-refractivity contribution in [2.45, 2.75) is 19.9 Å². The summed E-state index contributed by atoms with van der Waals surface area (Å²) in [5.74, 6) is 0. The van der Waals surface area contributed by atoms with Crippen molar-refractivity contribution in [2.24, 2.45) is 5.10 Å². The molecule has 1 fully saturated rings. The van der Waals surface area contributed by atoms with Crippen LogP contribution in [0.25, 0.3) is 11.3 Å². The van der Waals surface area contributed by atoms with Crippen molar-refractivity contribution < 1.29 is 0 Å². The molecule has 1 aliphatic rings. The van der Waals surface area contributed by atoms with Gasteiger partial charge in [0, 0.05) is 48.9 Å².